The van der Waals surface area contributed by atoms with Gasteiger partial charge in [0, 0.05) is 41.1 Å². The lowest BCUT2D eigenvalue weighted by Gasteiger charge is -2.38. The number of nitrogens with zero attached hydrogens (tertiary/aromatic N) is 1. The highest BCUT2D eigenvalue weighted by Crippen LogP contribution is 2.36. The van der Waals surface area contributed by atoms with Gasteiger partial charge in [0.2, 0.25) is 0 Å². The van der Waals surface area contributed by atoms with Crippen LogP contribution in [-0.2, 0) is 16.8 Å². The van der Waals surface area contributed by atoms with Gasteiger partial charge in [-0.3, -0.25) is 4.79 Å². The third-order valence-electron chi connectivity index (χ3n) is 5.76. The Morgan fingerprint density at radius 2 is 2.06 bits per heavy atom. The number of benzene rings is 2. The van der Waals surface area contributed by atoms with Crippen molar-refractivity contribution in [2.24, 2.45) is 0 Å². The minimum absolute atomic E-state index is 0.165. The molecule has 3 aromatic rings. The molecule has 2 heterocycles. The number of aromatic nitrogens is 1. The first kappa shape index (κ1) is 22.6. The smallest absolute Gasteiger partial charge is 0.251 e. The van der Waals surface area contributed by atoms with Crippen molar-refractivity contribution in [1.29, 1.82) is 0 Å². The van der Waals surface area contributed by atoms with E-state index in [0.29, 0.717) is 48.5 Å². The summed E-state index contributed by atoms with van der Waals surface area (Å²) in [5, 5.41) is 5.73. The fourth-order valence-corrected chi connectivity index (χ4v) is 4.62. The van der Waals surface area contributed by atoms with E-state index in [1.54, 1.807) is 30.8 Å². The number of hydrogen-bond acceptors (Lipinski definition) is 6. The number of hydrogen-bond donors (Lipinski definition) is 1. The van der Waals surface area contributed by atoms with Crippen molar-refractivity contribution in [3.05, 3.63) is 75.2 Å². The first-order valence-electron chi connectivity index (χ1n) is 10.4. The lowest BCUT2D eigenvalue weighted by molar-refractivity contribution is 0.0487. The van der Waals surface area contributed by atoms with E-state index in [9.17, 15) is 4.79 Å². The molecule has 1 amide bonds. The van der Waals surface area contributed by atoms with E-state index in [1.807, 2.05) is 23.6 Å². The highest BCUT2D eigenvalue weighted by Gasteiger charge is 2.35. The van der Waals surface area contributed by atoms with Gasteiger partial charge in [0.1, 0.15) is 6.61 Å². The number of rotatable bonds is 8. The number of thiazole rings is 1. The van der Waals surface area contributed by atoms with Crippen molar-refractivity contribution in [3.63, 3.8) is 0 Å². The fourth-order valence-electron chi connectivity index (χ4n) is 3.89. The zero-order valence-corrected chi connectivity index (χ0v) is 19.4. The van der Waals surface area contributed by atoms with Gasteiger partial charge in [-0.05, 0) is 48.7 Å². The Bertz CT molecular complexity index is 1050. The van der Waals surface area contributed by atoms with E-state index < -0.39 is 0 Å². The van der Waals surface area contributed by atoms with Gasteiger partial charge in [-0.15, -0.1) is 11.3 Å². The first-order valence-corrected chi connectivity index (χ1v) is 11.7. The summed E-state index contributed by atoms with van der Waals surface area (Å²) in [5.74, 6) is 0.905. The van der Waals surface area contributed by atoms with Gasteiger partial charge in [0.15, 0.2) is 11.5 Å². The largest absolute Gasteiger partial charge is 0.493 e. The molecule has 0 atom stereocenters. The molecule has 1 saturated heterocycles. The number of methoxy groups -OCH3 is 1. The highest BCUT2D eigenvalue weighted by molar-refractivity contribution is 7.07. The summed E-state index contributed by atoms with van der Waals surface area (Å²) in [5.41, 5.74) is 4.03. The Morgan fingerprint density at radius 3 is 2.78 bits per heavy atom. The van der Waals surface area contributed by atoms with E-state index in [0.717, 1.165) is 24.1 Å². The van der Waals surface area contributed by atoms with Crippen LogP contribution in [0.1, 0.15) is 34.5 Å². The highest BCUT2D eigenvalue weighted by atomic mass is 35.5. The van der Waals surface area contributed by atoms with Gasteiger partial charge in [-0.2, -0.15) is 0 Å². The van der Waals surface area contributed by atoms with Crippen LogP contribution in [0.15, 0.2) is 53.4 Å². The molecule has 8 heteroatoms. The third-order valence-corrected chi connectivity index (χ3v) is 6.63. The van der Waals surface area contributed by atoms with Crippen LogP contribution in [0.4, 0.5) is 0 Å². The lowest BCUT2D eigenvalue weighted by atomic mass is 9.74. The Kier molecular flexibility index (Phi) is 7.29. The fraction of sp³-hybridized carbons (Fsp3) is 0.333. The number of amides is 1. The Balaban J connectivity index is 1.46. The van der Waals surface area contributed by atoms with E-state index >= 15 is 0 Å². The predicted octanol–water partition coefficient (Wildman–Crippen LogP) is 4.86. The molecule has 0 radical (unpaired) electrons. The second kappa shape index (κ2) is 10.3. The second-order valence-corrected chi connectivity index (χ2v) is 8.87. The third kappa shape index (κ3) is 5.23. The summed E-state index contributed by atoms with van der Waals surface area (Å²) in [6, 6.07) is 13.1. The molecule has 0 unspecified atom stereocenters. The molecule has 4 rings (SSSR count). The Labute approximate surface area is 196 Å². The van der Waals surface area contributed by atoms with E-state index in [2.05, 4.69) is 16.4 Å². The maximum absolute atomic E-state index is 13.0. The van der Waals surface area contributed by atoms with Crippen LogP contribution in [0, 0.1) is 0 Å². The van der Waals surface area contributed by atoms with Gasteiger partial charge in [0.05, 0.1) is 18.3 Å². The van der Waals surface area contributed by atoms with Crippen molar-refractivity contribution < 1.29 is 19.0 Å². The van der Waals surface area contributed by atoms with Crippen molar-refractivity contribution in [3.8, 4) is 11.5 Å². The number of carbonyl (C=O) groups excluding carboxylic acids is 1. The molecule has 0 saturated carbocycles. The Morgan fingerprint density at radius 1 is 1.22 bits per heavy atom. The van der Waals surface area contributed by atoms with Crippen LogP contribution >= 0.6 is 22.9 Å². The zero-order valence-electron chi connectivity index (χ0n) is 17.8. The minimum atomic E-state index is -0.209. The molecule has 1 N–H and O–H groups in total. The molecule has 0 spiro atoms. The maximum Gasteiger partial charge on any atom is 0.251 e. The van der Waals surface area contributed by atoms with Gasteiger partial charge >= 0.3 is 0 Å². The summed E-state index contributed by atoms with van der Waals surface area (Å²) in [7, 11) is 1.56. The van der Waals surface area contributed by atoms with Gasteiger partial charge < -0.3 is 19.5 Å². The van der Waals surface area contributed by atoms with Gasteiger partial charge in [0.25, 0.3) is 5.91 Å². The SMILES string of the molecule is COc1cc(C(=O)NCC2(c3cccc(Cl)c3)CCOCC2)ccc1OCc1cscn1. The molecule has 0 bridgehead atoms. The average Bonchev–Trinajstić information content (AvgIpc) is 3.35. The molecular weight excluding hydrogens is 448 g/mol. The van der Waals surface area contributed by atoms with Gasteiger partial charge in [-0.1, -0.05) is 23.7 Å². The zero-order chi connectivity index (χ0) is 22.4. The number of ether oxygens (including phenoxy) is 3. The maximum atomic E-state index is 13.0. The molecule has 1 fully saturated rings. The molecule has 2 aromatic carbocycles. The molecular formula is C24H25ClN2O4S. The van der Waals surface area contributed by atoms with Crippen molar-refractivity contribution in [2.45, 2.75) is 24.9 Å². The molecule has 1 aromatic heterocycles. The number of halogens is 1. The summed E-state index contributed by atoms with van der Waals surface area (Å²) in [6.45, 7) is 2.15. The van der Waals surface area contributed by atoms with Crippen LogP contribution < -0.4 is 14.8 Å². The van der Waals surface area contributed by atoms with Crippen LogP contribution in [-0.4, -0.2) is 37.8 Å². The monoisotopic (exact) mass is 472 g/mol. The molecule has 32 heavy (non-hydrogen) atoms. The summed E-state index contributed by atoms with van der Waals surface area (Å²) in [6.07, 6.45) is 1.64. The predicted molar refractivity (Wildman–Crippen MR) is 125 cm³/mol. The van der Waals surface area contributed by atoms with Crippen LogP contribution in [0.3, 0.4) is 0 Å². The lowest BCUT2D eigenvalue weighted by Crippen LogP contribution is -2.44. The number of carbonyl (C=O) groups is 1. The molecule has 1 aliphatic rings. The normalized spacial score (nSPS) is 15.2. The first-order chi connectivity index (χ1) is 15.6. The molecule has 0 aliphatic carbocycles. The summed E-state index contributed by atoms with van der Waals surface area (Å²) < 4.78 is 16.8. The van der Waals surface area contributed by atoms with Crippen molar-refractivity contribution in [2.75, 3.05) is 26.9 Å². The van der Waals surface area contributed by atoms with Crippen LogP contribution in [0.5, 0.6) is 11.5 Å². The summed E-state index contributed by atoms with van der Waals surface area (Å²) in [4.78, 5) is 17.2. The number of nitrogens with one attached hydrogen (secondary N) is 1. The average molecular weight is 473 g/mol. The summed E-state index contributed by atoms with van der Waals surface area (Å²) >= 11 is 7.76. The molecule has 6 nitrogen and oxygen atoms in total. The van der Waals surface area contributed by atoms with Crippen molar-refractivity contribution >= 4 is 28.8 Å². The quantitative estimate of drug-likeness (QED) is 0.507. The van der Waals surface area contributed by atoms with Crippen LogP contribution in [0.25, 0.3) is 0 Å². The van der Waals surface area contributed by atoms with Gasteiger partial charge in [-0.25, -0.2) is 4.98 Å². The molecule has 1 aliphatic heterocycles. The van der Waals surface area contributed by atoms with E-state index in [4.69, 9.17) is 25.8 Å². The molecule has 168 valence electrons. The van der Waals surface area contributed by atoms with Crippen LogP contribution in [0.2, 0.25) is 5.02 Å². The standard InChI is InChI=1S/C24H25ClN2O4S/c1-29-22-11-17(5-6-21(22)31-13-20-14-32-16-27-20)23(28)26-15-24(7-9-30-10-8-24)18-3-2-4-19(25)12-18/h2-6,11-12,14,16H,7-10,13,15H2,1H3,(H,26,28). The van der Waals surface area contributed by atoms with E-state index in [-0.39, 0.29) is 11.3 Å². The topological polar surface area (TPSA) is 69.7 Å². The second-order valence-electron chi connectivity index (χ2n) is 7.72. The minimum Gasteiger partial charge on any atom is -0.493 e. The Hall–Kier alpha value is -2.61. The van der Waals surface area contributed by atoms with Crippen molar-refractivity contribution in [1.82, 2.24) is 10.3 Å². The van der Waals surface area contributed by atoms with E-state index in [1.165, 1.54) is 11.3 Å².